The smallest absolute Gasteiger partial charge is 0.0399 e. The largest absolute Gasteiger partial charge is 0.369 e. The first-order valence-corrected chi connectivity index (χ1v) is 7.27. The van der Waals surface area contributed by atoms with Gasteiger partial charge in [-0.1, -0.05) is 12.1 Å². The zero-order valence-electron chi connectivity index (χ0n) is 11.7. The van der Waals surface area contributed by atoms with Gasteiger partial charge in [0.1, 0.15) is 0 Å². The summed E-state index contributed by atoms with van der Waals surface area (Å²) in [6.45, 7) is 10.6. The zero-order chi connectivity index (χ0) is 12.5. The van der Waals surface area contributed by atoms with Gasteiger partial charge in [-0.15, -0.1) is 0 Å². The molecule has 2 heteroatoms. The Morgan fingerprint density at radius 2 is 1.78 bits per heavy atom. The van der Waals surface area contributed by atoms with Crippen LogP contribution in [-0.2, 0) is 0 Å². The summed E-state index contributed by atoms with van der Waals surface area (Å²) < 4.78 is 0. The predicted molar refractivity (Wildman–Crippen MR) is 77.3 cm³/mol. The molecule has 0 amide bonds. The summed E-state index contributed by atoms with van der Waals surface area (Å²) in [6.07, 6.45) is 2.94. The van der Waals surface area contributed by atoms with Gasteiger partial charge in [0, 0.05) is 38.4 Å². The van der Waals surface area contributed by atoms with Crippen molar-refractivity contribution in [3.63, 3.8) is 0 Å². The Hall–Kier alpha value is -1.02. The number of hydrogen-bond acceptors (Lipinski definition) is 2. The molecule has 1 aromatic carbocycles. The molecular formula is C16H24N2. The van der Waals surface area contributed by atoms with E-state index in [1.807, 2.05) is 0 Å². The minimum atomic E-state index is 1.03. The van der Waals surface area contributed by atoms with Crippen LogP contribution < -0.4 is 4.90 Å². The van der Waals surface area contributed by atoms with E-state index in [2.05, 4.69) is 41.8 Å². The van der Waals surface area contributed by atoms with Crippen LogP contribution in [0.1, 0.15) is 24.0 Å². The van der Waals surface area contributed by atoms with Gasteiger partial charge in [-0.05, 0) is 49.8 Å². The molecule has 3 rings (SSSR count). The Morgan fingerprint density at radius 3 is 2.44 bits per heavy atom. The van der Waals surface area contributed by atoms with Gasteiger partial charge in [-0.3, -0.25) is 4.90 Å². The van der Waals surface area contributed by atoms with Crippen LogP contribution in [0, 0.1) is 19.8 Å². The number of hydrogen-bond donors (Lipinski definition) is 0. The van der Waals surface area contributed by atoms with E-state index in [0.717, 1.165) is 5.92 Å². The molecule has 1 aliphatic heterocycles. The van der Waals surface area contributed by atoms with Crippen LogP contribution in [0.25, 0.3) is 0 Å². The average Bonchev–Trinajstić information content (AvgIpc) is 3.17. The molecule has 0 bridgehead atoms. The Morgan fingerprint density at radius 1 is 1.06 bits per heavy atom. The van der Waals surface area contributed by atoms with Gasteiger partial charge < -0.3 is 4.90 Å². The fraction of sp³-hybridized carbons (Fsp3) is 0.625. The highest BCUT2D eigenvalue weighted by molar-refractivity contribution is 5.55. The van der Waals surface area contributed by atoms with Crippen molar-refractivity contribution in [1.29, 1.82) is 0 Å². The molecule has 1 saturated heterocycles. The van der Waals surface area contributed by atoms with Crippen molar-refractivity contribution in [2.24, 2.45) is 5.92 Å². The number of nitrogens with zero attached hydrogens (tertiary/aromatic N) is 2. The molecule has 2 nitrogen and oxygen atoms in total. The summed E-state index contributed by atoms with van der Waals surface area (Å²) in [5, 5.41) is 0. The molecule has 0 spiro atoms. The molecule has 0 radical (unpaired) electrons. The van der Waals surface area contributed by atoms with E-state index < -0.39 is 0 Å². The van der Waals surface area contributed by atoms with E-state index in [0.29, 0.717) is 0 Å². The van der Waals surface area contributed by atoms with Crippen LogP contribution in [0.4, 0.5) is 5.69 Å². The molecule has 1 heterocycles. The molecule has 2 fully saturated rings. The topological polar surface area (TPSA) is 6.48 Å². The van der Waals surface area contributed by atoms with Crippen LogP contribution in [0.5, 0.6) is 0 Å². The van der Waals surface area contributed by atoms with Crippen molar-refractivity contribution < 1.29 is 0 Å². The van der Waals surface area contributed by atoms with Crippen molar-refractivity contribution in [1.82, 2.24) is 4.90 Å². The van der Waals surface area contributed by atoms with Gasteiger partial charge in [0.25, 0.3) is 0 Å². The molecule has 98 valence electrons. The predicted octanol–water partition coefficient (Wildman–Crippen LogP) is 2.84. The average molecular weight is 244 g/mol. The third kappa shape index (κ3) is 2.69. The highest BCUT2D eigenvalue weighted by Gasteiger charge is 2.26. The maximum Gasteiger partial charge on any atom is 0.0399 e. The Bertz CT molecular complexity index is 415. The van der Waals surface area contributed by atoms with Crippen LogP contribution in [-0.4, -0.2) is 37.6 Å². The lowest BCUT2D eigenvalue weighted by Gasteiger charge is -2.37. The Labute approximate surface area is 111 Å². The van der Waals surface area contributed by atoms with E-state index in [9.17, 15) is 0 Å². The Kier molecular flexibility index (Phi) is 3.29. The summed E-state index contributed by atoms with van der Waals surface area (Å²) in [7, 11) is 0. The quantitative estimate of drug-likeness (QED) is 0.806. The standard InChI is InChI=1S/C16H24N2/c1-13-3-4-14(2)16(11-13)18-9-7-17(8-10-18)12-15-5-6-15/h3-4,11,15H,5-10,12H2,1-2H3. The third-order valence-corrected chi connectivity index (χ3v) is 4.29. The lowest BCUT2D eigenvalue weighted by Crippen LogP contribution is -2.47. The molecule has 18 heavy (non-hydrogen) atoms. The third-order valence-electron chi connectivity index (χ3n) is 4.29. The monoisotopic (exact) mass is 244 g/mol. The van der Waals surface area contributed by atoms with Crippen LogP contribution in [0.3, 0.4) is 0 Å². The number of piperazine rings is 1. The molecule has 1 saturated carbocycles. The van der Waals surface area contributed by atoms with E-state index in [1.165, 1.54) is 62.4 Å². The first kappa shape index (κ1) is 12.0. The Balaban J connectivity index is 1.62. The second-order valence-electron chi connectivity index (χ2n) is 6.02. The van der Waals surface area contributed by atoms with Gasteiger partial charge in [-0.2, -0.15) is 0 Å². The highest BCUT2D eigenvalue weighted by Crippen LogP contribution is 2.30. The lowest BCUT2D eigenvalue weighted by molar-refractivity contribution is 0.248. The van der Waals surface area contributed by atoms with E-state index in [1.54, 1.807) is 0 Å². The van der Waals surface area contributed by atoms with E-state index in [4.69, 9.17) is 0 Å². The fourth-order valence-electron chi connectivity index (χ4n) is 2.90. The second kappa shape index (κ2) is 4.93. The van der Waals surface area contributed by atoms with Crippen LogP contribution in [0.15, 0.2) is 18.2 Å². The molecule has 2 aliphatic rings. The van der Waals surface area contributed by atoms with Crippen molar-refractivity contribution >= 4 is 5.69 Å². The maximum absolute atomic E-state index is 2.65. The molecule has 0 unspecified atom stereocenters. The molecule has 0 aromatic heterocycles. The highest BCUT2D eigenvalue weighted by atomic mass is 15.3. The summed E-state index contributed by atoms with van der Waals surface area (Å²) >= 11 is 0. The minimum absolute atomic E-state index is 1.03. The number of anilines is 1. The SMILES string of the molecule is Cc1ccc(C)c(N2CCN(CC3CC3)CC2)c1. The van der Waals surface area contributed by atoms with E-state index >= 15 is 0 Å². The molecule has 1 aromatic rings. The van der Waals surface area contributed by atoms with Gasteiger partial charge in [0.15, 0.2) is 0 Å². The summed E-state index contributed by atoms with van der Waals surface area (Å²) in [5.41, 5.74) is 4.23. The number of aryl methyl sites for hydroxylation is 2. The van der Waals surface area contributed by atoms with Gasteiger partial charge in [0.2, 0.25) is 0 Å². The lowest BCUT2D eigenvalue weighted by atomic mass is 10.1. The number of benzene rings is 1. The van der Waals surface area contributed by atoms with Gasteiger partial charge in [0.05, 0.1) is 0 Å². The first-order valence-electron chi connectivity index (χ1n) is 7.27. The summed E-state index contributed by atoms with van der Waals surface area (Å²) in [5.74, 6) is 1.03. The van der Waals surface area contributed by atoms with E-state index in [-0.39, 0.29) is 0 Å². The summed E-state index contributed by atoms with van der Waals surface area (Å²) in [4.78, 5) is 5.21. The van der Waals surface area contributed by atoms with Crippen LogP contribution in [0.2, 0.25) is 0 Å². The maximum atomic E-state index is 2.65. The molecular weight excluding hydrogens is 220 g/mol. The van der Waals surface area contributed by atoms with Crippen molar-refractivity contribution in [3.8, 4) is 0 Å². The molecule has 0 atom stereocenters. The molecule has 1 aliphatic carbocycles. The van der Waals surface area contributed by atoms with Crippen LogP contribution >= 0.6 is 0 Å². The minimum Gasteiger partial charge on any atom is -0.369 e. The second-order valence-corrected chi connectivity index (χ2v) is 6.02. The van der Waals surface area contributed by atoms with Crippen molar-refractivity contribution in [2.45, 2.75) is 26.7 Å². The van der Waals surface area contributed by atoms with Crippen molar-refractivity contribution in [3.05, 3.63) is 29.3 Å². The van der Waals surface area contributed by atoms with Crippen molar-refractivity contribution in [2.75, 3.05) is 37.6 Å². The first-order chi connectivity index (χ1) is 8.72. The number of rotatable bonds is 3. The fourth-order valence-corrected chi connectivity index (χ4v) is 2.90. The normalized spacial score (nSPS) is 21.3. The molecule has 0 N–H and O–H groups in total. The van der Waals surface area contributed by atoms with Gasteiger partial charge >= 0.3 is 0 Å². The zero-order valence-corrected chi connectivity index (χ0v) is 11.7. The van der Waals surface area contributed by atoms with Gasteiger partial charge in [-0.25, -0.2) is 0 Å². The summed E-state index contributed by atoms with van der Waals surface area (Å²) in [6, 6.07) is 6.80.